The highest BCUT2D eigenvalue weighted by molar-refractivity contribution is 4.81. The van der Waals surface area contributed by atoms with E-state index in [-0.39, 0.29) is 0 Å². The van der Waals surface area contributed by atoms with Crippen LogP contribution in [0.25, 0.3) is 0 Å². The number of ether oxygens (including phenoxy) is 1. The zero-order valence-electron chi connectivity index (χ0n) is 11.2. The molecular formula is C14H28N2O. The molecule has 3 nitrogen and oxygen atoms in total. The van der Waals surface area contributed by atoms with E-state index in [4.69, 9.17) is 10.6 Å². The number of hydrazine groups is 1. The van der Waals surface area contributed by atoms with Crippen LogP contribution in [0.5, 0.6) is 0 Å². The third kappa shape index (κ3) is 3.94. The van der Waals surface area contributed by atoms with Gasteiger partial charge in [-0.2, -0.15) is 0 Å². The van der Waals surface area contributed by atoms with Gasteiger partial charge < -0.3 is 4.74 Å². The number of rotatable bonds is 5. The monoisotopic (exact) mass is 240 g/mol. The van der Waals surface area contributed by atoms with Crippen LogP contribution in [0.1, 0.15) is 58.3 Å². The Labute approximate surface area is 105 Å². The van der Waals surface area contributed by atoms with Crippen LogP contribution in [-0.2, 0) is 4.74 Å². The van der Waals surface area contributed by atoms with Crippen LogP contribution in [-0.4, -0.2) is 18.8 Å². The lowest BCUT2D eigenvalue weighted by Gasteiger charge is -2.33. The average Bonchev–Trinajstić information content (AvgIpc) is 2.83. The second-order valence-corrected chi connectivity index (χ2v) is 6.02. The van der Waals surface area contributed by atoms with E-state index < -0.39 is 0 Å². The molecule has 2 rings (SSSR count). The Bertz CT molecular complexity index is 216. The minimum Gasteiger partial charge on any atom is -0.378 e. The molecular weight excluding hydrogens is 212 g/mol. The second kappa shape index (κ2) is 6.72. The molecule has 1 saturated heterocycles. The van der Waals surface area contributed by atoms with E-state index in [1.807, 2.05) is 0 Å². The van der Waals surface area contributed by atoms with Gasteiger partial charge in [-0.1, -0.05) is 19.8 Å². The standard InChI is InChI=1S/C14H28N2O/c1-11-4-2-5-12(10-11)14(16-15)8-7-13-6-3-9-17-13/h11-14,16H,2-10,15H2,1H3. The minimum atomic E-state index is 0.502. The lowest BCUT2D eigenvalue weighted by Crippen LogP contribution is -2.42. The summed E-state index contributed by atoms with van der Waals surface area (Å²) < 4.78 is 5.69. The van der Waals surface area contributed by atoms with Gasteiger partial charge in [0.1, 0.15) is 0 Å². The first-order chi connectivity index (χ1) is 8.29. The Morgan fingerprint density at radius 2 is 2.18 bits per heavy atom. The maximum Gasteiger partial charge on any atom is 0.0576 e. The third-order valence-corrected chi connectivity index (χ3v) is 4.58. The number of hydrogen-bond donors (Lipinski definition) is 2. The van der Waals surface area contributed by atoms with E-state index >= 15 is 0 Å². The SMILES string of the molecule is CC1CCCC(C(CCC2CCCO2)NN)C1. The van der Waals surface area contributed by atoms with Gasteiger partial charge in [0, 0.05) is 12.6 Å². The van der Waals surface area contributed by atoms with Crippen LogP contribution in [0.2, 0.25) is 0 Å². The van der Waals surface area contributed by atoms with Crippen molar-refractivity contribution >= 4 is 0 Å². The minimum absolute atomic E-state index is 0.502. The van der Waals surface area contributed by atoms with E-state index in [1.54, 1.807) is 0 Å². The molecule has 17 heavy (non-hydrogen) atoms. The molecule has 3 N–H and O–H groups in total. The second-order valence-electron chi connectivity index (χ2n) is 6.02. The van der Waals surface area contributed by atoms with Crippen LogP contribution >= 0.6 is 0 Å². The van der Waals surface area contributed by atoms with Crippen molar-refractivity contribution in [3.8, 4) is 0 Å². The van der Waals surface area contributed by atoms with Crippen molar-refractivity contribution in [3.05, 3.63) is 0 Å². The predicted molar refractivity (Wildman–Crippen MR) is 70.4 cm³/mol. The molecule has 1 aliphatic carbocycles. The van der Waals surface area contributed by atoms with E-state index in [0.29, 0.717) is 12.1 Å². The van der Waals surface area contributed by atoms with Crippen molar-refractivity contribution in [3.63, 3.8) is 0 Å². The molecule has 1 saturated carbocycles. The van der Waals surface area contributed by atoms with Gasteiger partial charge in [-0.05, 0) is 50.4 Å². The Hall–Kier alpha value is -0.120. The van der Waals surface area contributed by atoms with Gasteiger partial charge in [-0.15, -0.1) is 0 Å². The molecule has 0 spiro atoms. The summed E-state index contributed by atoms with van der Waals surface area (Å²) in [6.45, 7) is 3.34. The molecule has 0 aromatic heterocycles. The lowest BCUT2D eigenvalue weighted by atomic mass is 9.77. The van der Waals surface area contributed by atoms with Crippen molar-refractivity contribution in [1.82, 2.24) is 5.43 Å². The van der Waals surface area contributed by atoms with Crippen LogP contribution in [0.3, 0.4) is 0 Å². The summed E-state index contributed by atoms with van der Waals surface area (Å²) in [4.78, 5) is 0. The van der Waals surface area contributed by atoms with E-state index in [2.05, 4.69) is 12.3 Å². The van der Waals surface area contributed by atoms with Gasteiger partial charge in [-0.25, -0.2) is 0 Å². The van der Waals surface area contributed by atoms with Crippen LogP contribution in [0.15, 0.2) is 0 Å². The molecule has 100 valence electrons. The number of hydrogen-bond acceptors (Lipinski definition) is 3. The molecule has 0 aromatic rings. The first-order valence-electron chi connectivity index (χ1n) is 7.37. The van der Waals surface area contributed by atoms with E-state index in [0.717, 1.165) is 18.4 Å². The Kier molecular flexibility index (Phi) is 5.26. The van der Waals surface area contributed by atoms with Gasteiger partial charge in [0.05, 0.1) is 6.10 Å². The highest BCUT2D eigenvalue weighted by Gasteiger charge is 2.27. The third-order valence-electron chi connectivity index (χ3n) is 4.58. The lowest BCUT2D eigenvalue weighted by molar-refractivity contribution is 0.0943. The first-order valence-corrected chi connectivity index (χ1v) is 7.37. The molecule has 2 aliphatic rings. The van der Waals surface area contributed by atoms with Crippen LogP contribution in [0.4, 0.5) is 0 Å². The molecule has 2 fully saturated rings. The van der Waals surface area contributed by atoms with E-state index in [9.17, 15) is 0 Å². The molecule has 0 amide bonds. The van der Waals surface area contributed by atoms with Crippen molar-refractivity contribution < 1.29 is 4.74 Å². The fourth-order valence-corrected chi connectivity index (χ4v) is 3.54. The van der Waals surface area contributed by atoms with Gasteiger partial charge in [0.25, 0.3) is 0 Å². The van der Waals surface area contributed by atoms with Crippen LogP contribution < -0.4 is 11.3 Å². The fourth-order valence-electron chi connectivity index (χ4n) is 3.54. The fraction of sp³-hybridized carbons (Fsp3) is 1.00. The van der Waals surface area contributed by atoms with Crippen LogP contribution in [0, 0.1) is 11.8 Å². The molecule has 4 atom stereocenters. The quantitative estimate of drug-likeness (QED) is 0.573. The number of nitrogens with one attached hydrogen (secondary N) is 1. The van der Waals surface area contributed by atoms with Crippen molar-refractivity contribution in [2.75, 3.05) is 6.61 Å². The summed E-state index contributed by atoms with van der Waals surface area (Å²) >= 11 is 0. The molecule has 0 bridgehead atoms. The summed E-state index contributed by atoms with van der Waals surface area (Å²) in [5.74, 6) is 7.41. The molecule has 4 unspecified atom stereocenters. The molecule has 0 aromatic carbocycles. The van der Waals surface area contributed by atoms with Crippen molar-refractivity contribution in [1.29, 1.82) is 0 Å². The Morgan fingerprint density at radius 1 is 1.29 bits per heavy atom. The molecule has 1 aliphatic heterocycles. The zero-order valence-corrected chi connectivity index (χ0v) is 11.2. The highest BCUT2D eigenvalue weighted by atomic mass is 16.5. The largest absolute Gasteiger partial charge is 0.378 e. The molecule has 3 heteroatoms. The maximum absolute atomic E-state index is 5.74. The van der Waals surface area contributed by atoms with Gasteiger partial charge in [0.2, 0.25) is 0 Å². The normalized spacial score (nSPS) is 36.0. The topological polar surface area (TPSA) is 47.3 Å². The van der Waals surface area contributed by atoms with E-state index in [1.165, 1.54) is 51.4 Å². The molecule has 1 heterocycles. The predicted octanol–water partition coefficient (Wildman–Crippen LogP) is 2.60. The maximum atomic E-state index is 5.74. The summed E-state index contributed by atoms with van der Waals surface area (Å²) in [6, 6.07) is 0.502. The summed E-state index contributed by atoms with van der Waals surface area (Å²) in [5.41, 5.74) is 3.06. The summed E-state index contributed by atoms with van der Waals surface area (Å²) in [6.07, 6.45) is 10.8. The smallest absolute Gasteiger partial charge is 0.0576 e. The summed E-state index contributed by atoms with van der Waals surface area (Å²) in [7, 11) is 0. The van der Waals surface area contributed by atoms with Gasteiger partial charge >= 0.3 is 0 Å². The van der Waals surface area contributed by atoms with Gasteiger partial charge in [0.15, 0.2) is 0 Å². The number of nitrogens with two attached hydrogens (primary N) is 1. The average molecular weight is 240 g/mol. The van der Waals surface area contributed by atoms with Crippen molar-refractivity contribution in [2.24, 2.45) is 17.7 Å². The van der Waals surface area contributed by atoms with Crippen molar-refractivity contribution in [2.45, 2.75) is 70.4 Å². The Morgan fingerprint density at radius 3 is 2.82 bits per heavy atom. The summed E-state index contributed by atoms with van der Waals surface area (Å²) in [5, 5.41) is 0. The molecule has 0 radical (unpaired) electrons. The van der Waals surface area contributed by atoms with Gasteiger partial charge in [-0.3, -0.25) is 11.3 Å². The first kappa shape index (κ1) is 13.3. The highest BCUT2D eigenvalue weighted by Crippen LogP contribution is 2.32. The zero-order chi connectivity index (χ0) is 12.1. The Balaban J connectivity index is 1.74.